The first-order chi connectivity index (χ1) is 10.1. The summed E-state index contributed by atoms with van der Waals surface area (Å²) in [6.45, 7) is 0.248. The van der Waals surface area contributed by atoms with Crippen LogP contribution >= 0.6 is 15.9 Å². The molecule has 0 aliphatic carbocycles. The SMILES string of the molecule is CN(C)c1ccc(Br)cc1NC(=O)OCc1ccccc1. The number of rotatable bonds is 4. The summed E-state index contributed by atoms with van der Waals surface area (Å²) < 4.78 is 6.12. The molecule has 0 aromatic heterocycles. The summed E-state index contributed by atoms with van der Waals surface area (Å²) in [4.78, 5) is 13.8. The zero-order valence-corrected chi connectivity index (χ0v) is 13.6. The minimum atomic E-state index is -0.472. The Morgan fingerprint density at radius 2 is 1.90 bits per heavy atom. The molecule has 2 aromatic carbocycles. The Hall–Kier alpha value is -2.01. The number of anilines is 2. The topological polar surface area (TPSA) is 41.6 Å². The maximum Gasteiger partial charge on any atom is 0.412 e. The van der Waals surface area contributed by atoms with Crippen LogP contribution in [0.25, 0.3) is 0 Å². The first-order valence-corrected chi connectivity index (χ1v) is 7.30. The van der Waals surface area contributed by atoms with Crippen LogP contribution in [0.15, 0.2) is 53.0 Å². The predicted octanol–water partition coefficient (Wildman–Crippen LogP) is 4.26. The molecular formula is C16H17BrN2O2. The van der Waals surface area contributed by atoms with Crippen molar-refractivity contribution in [2.24, 2.45) is 0 Å². The standard InChI is InChI=1S/C16H17BrN2O2/c1-19(2)15-9-8-13(17)10-14(15)18-16(20)21-11-12-6-4-3-5-7-12/h3-10H,11H2,1-2H3,(H,18,20). The van der Waals surface area contributed by atoms with E-state index >= 15 is 0 Å². The molecular weight excluding hydrogens is 332 g/mol. The molecule has 2 aromatic rings. The number of halogens is 1. The van der Waals surface area contributed by atoms with Crippen LogP contribution in [-0.2, 0) is 11.3 Å². The van der Waals surface area contributed by atoms with Crippen LogP contribution in [0.2, 0.25) is 0 Å². The Bertz CT molecular complexity index is 615. The number of nitrogens with one attached hydrogen (secondary N) is 1. The van der Waals surface area contributed by atoms with Gasteiger partial charge in [-0.05, 0) is 23.8 Å². The highest BCUT2D eigenvalue weighted by Crippen LogP contribution is 2.28. The van der Waals surface area contributed by atoms with Gasteiger partial charge in [0.25, 0.3) is 0 Å². The lowest BCUT2D eigenvalue weighted by Crippen LogP contribution is -2.17. The summed E-state index contributed by atoms with van der Waals surface area (Å²) in [5.41, 5.74) is 2.57. The van der Waals surface area contributed by atoms with E-state index in [1.54, 1.807) is 0 Å². The fourth-order valence-corrected chi connectivity index (χ4v) is 2.23. The van der Waals surface area contributed by atoms with E-state index in [0.717, 1.165) is 15.7 Å². The van der Waals surface area contributed by atoms with E-state index in [1.165, 1.54) is 0 Å². The van der Waals surface area contributed by atoms with Gasteiger partial charge < -0.3 is 9.64 Å². The monoisotopic (exact) mass is 348 g/mol. The minimum absolute atomic E-state index is 0.248. The summed E-state index contributed by atoms with van der Waals surface area (Å²) in [5.74, 6) is 0. The average Bonchev–Trinajstić information content (AvgIpc) is 2.46. The van der Waals surface area contributed by atoms with Crippen molar-refractivity contribution in [3.8, 4) is 0 Å². The summed E-state index contributed by atoms with van der Waals surface area (Å²) in [7, 11) is 3.84. The van der Waals surface area contributed by atoms with Crippen molar-refractivity contribution in [1.29, 1.82) is 0 Å². The highest BCUT2D eigenvalue weighted by atomic mass is 79.9. The molecule has 2 rings (SSSR count). The number of carbonyl (C=O) groups is 1. The minimum Gasteiger partial charge on any atom is -0.444 e. The maximum atomic E-state index is 11.9. The van der Waals surface area contributed by atoms with E-state index in [9.17, 15) is 4.79 Å². The van der Waals surface area contributed by atoms with Gasteiger partial charge in [0.2, 0.25) is 0 Å². The van der Waals surface area contributed by atoms with Gasteiger partial charge in [-0.1, -0.05) is 46.3 Å². The Kier molecular flexibility index (Phi) is 5.22. The third kappa shape index (κ3) is 4.49. The zero-order valence-electron chi connectivity index (χ0n) is 12.0. The second-order valence-corrected chi connectivity index (χ2v) is 5.66. The highest BCUT2D eigenvalue weighted by Gasteiger charge is 2.10. The van der Waals surface area contributed by atoms with Crippen LogP contribution in [0, 0.1) is 0 Å². The van der Waals surface area contributed by atoms with E-state index in [0.29, 0.717) is 5.69 Å². The van der Waals surface area contributed by atoms with Gasteiger partial charge in [0.1, 0.15) is 6.61 Å². The number of amides is 1. The summed E-state index contributed by atoms with van der Waals surface area (Å²) >= 11 is 3.40. The number of benzene rings is 2. The molecule has 0 fully saturated rings. The third-order valence-corrected chi connectivity index (χ3v) is 3.38. The van der Waals surface area contributed by atoms with Gasteiger partial charge in [0.05, 0.1) is 11.4 Å². The zero-order chi connectivity index (χ0) is 15.2. The quantitative estimate of drug-likeness (QED) is 0.897. The van der Waals surface area contributed by atoms with E-state index in [2.05, 4.69) is 21.2 Å². The molecule has 0 saturated heterocycles. The fourth-order valence-electron chi connectivity index (χ4n) is 1.87. The Morgan fingerprint density at radius 3 is 2.57 bits per heavy atom. The van der Waals surface area contributed by atoms with Crippen molar-refractivity contribution in [3.05, 3.63) is 58.6 Å². The number of nitrogens with zero attached hydrogens (tertiary/aromatic N) is 1. The normalized spacial score (nSPS) is 10.0. The number of hydrogen-bond donors (Lipinski definition) is 1. The van der Waals surface area contributed by atoms with Gasteiger partial charge in [-0.3, -0.25) is 5.32 Å². The lowest BCUT2D eigenvalue weighted by molar-refractivity contribution is 0.155. The Balaban J connectivity index is 2.01. The first-order valence-electron chi connectivity index (χ1n) is 6.51. The molecule has 5 heteroatoms. The lowest BCUT2D eigenvalue weighted by Gasteiger charge is -2.18. The molecule has 1 amide bonds. The van der Waals surface area contributed by atoms with Crippen molar-refractivity contribution in [2.75, 3.05) is 24.3 Å². The van der Waals surface area contributed by atoms with E-state index < -0.39 is 6.09 Å². The van der Waals surface area contributed by atoms with Crippen molar-refractivity contribution < 1.29 is 9.53 Å². The fraction of sp³-hybridized carbons (Fsp3) is 0.188. The number of hydrogen-bond acceptors (Lipinski definition) is 3. The molecule has 4 nitrogen and oxygen atoms in total. The van der Waals surface area contributed by atoms with Crippen LogP contribution in [-0.4, -0.2) is 20.2 Å². The van der Waals surface area contributed by atoms with E-state index in [4.69, 9.17) is 4.74 Å². The van der Waals surface area contributed by atoms with Gasteiger partial charge in [-0.15, -0.1) is 0 Å². The largest absolute Gasteiger partial charge is 0.444 e. The highest BCUT2D eigenvalue weighted by molar-refractivity contribution is 9.10. The first kappa shape index (κ1) is 15.4. The lowest BCUT2D eigenvalue weighted by atomic mass is 10.2. The second kappa shape index (κ2) is 7.13. The van der Waals surface area contributed by atoms with Crippen LogP contribution < -0.4 is 10.2 Å². The van der Waals surface area contributed by atoms with Gasteiger partial charge in [0.15, 0.2) is 0 Å². The smallest absolute Gasteiger partial charge is 0.412 e. The van der Waals surface area contributed by atoms with Crippen LogP contribution in [0.1, 0.15) is 5.56 Å². The van der Waals surface area contributed by atoms with Gasteiger partial charge in [-0.2, -0.15) is 0 Å². The second-order valence-electron chi connectivity index (χ2n) is 4.74. The van der Waals surface area contributed by atoms with Crippen LogP contribution in [0.3, 0.4) is 0 Å². The van der Waals surface area contributed by atoms with Crippen molar-refractivity contribution in [3.63, 3.8) is 0 Å². The molecule has 1 N–H and O–H groups in total. The number of ether oxygens (including phenoxy) is 1. The molecule has 0 radical (unpaired) electrons. The molecule has 0 atom stereocenters. The molecule has 0 heterocycles. The Morgan fingerprint density at radius 1 is 1.19 bits per heavy atom. The van der Waals surface area contributed by atoms with Gasteiger partial charge in [0, 0.05) is 18.6 Å². The number of carbonyl (C=O) groups excluding carboxylic acids is 1. The van der Waals surface area contributed by atoms with Crippen LogP contribution in [0.4, 0.5) is 16.2 Å². The third-order valence-electron chi connectivity index (χ3n) is 2.89. The molecule has 0 aliphatic rings. The molecule has 0 spiro atoms. The molecule has 21 heavy (non-hydrogen) atoms. The van der Waals surface area contributed by atoms with E-state index in [-0.39, 0.29) is 6.61 Å². The molecule has 0 bridgehead atoms. The average molecular weight is 349 g/mol. The van der Waals surface area contributed by atoms with Crippen molar-refractivity contribution in [2.45, 2.75) is 6.61 Å². The summed E-state index contributed by atoms with van der Waals surface area (Å²) in [6.07, 6.45) is -0.472. The summed E-state index contributed by atoms with van der Waals surface area (Å²) in [5, 5.41) is 2.77. The van der Waals surface area contributed by atoms with Gasteiger partial charge in [-0.25, -0.2) is 4.79 Å². The van der Waals surface area contributed by atoms with Crippen molar-refractivity contribution in [1.82, 2.24) is 0 Å². The molecule has 110 valence electrons. The molecule has 0 saturated carbocycles. The summed E-state index contributed by atoms with van der Waals surface area (Å²) in [6, 6.07) is 15.3. The molecule has 0 aliphatic heterocycles. The van der Waals surface area contributed by atoms with E-state index in [1.807, 2.05) is 67.5 Å². The van der Waals surface area contributed by atoms with Crippen molar-refractivity contribution >= 4 is 33.4 Å². The predicted molar refractivity (Wildman–Crippen MR) is 88.7 cm³/mol. The van der Waals surface area contributed by atoms with Gasteiger partial charge >= 0.3 is 6.09 Å². The molecule has 0 unspecified atom stereocenters. The van der Waals surface area contributed by atoms with Crippen LogP contribution in [0.5, 0.6) is 0 Å². The maximum absolute atomic E-state index is 11.9. The Labute approximate surface area is 132 Å².